The minimum atomic E-state index is -0.557. The van der Waals surface area contributed by atoms with E-state index in [0.717, 1.165) is 5.56 Å². The summed E-state index contributed by atoms with van der Waals surface area (Å²) in [6.07, 6.45) is 1.57. The number of amides is 1. The third-order valence-electron chi connectivity index (χ3n) is 2.48. The van der Waals surface area contributed by atoms with E-state index in [2.05, 4.69) is 11.2 Å². The Morgan fingerprint density at radius 2 is 2.24 bits per heavy atom. The van der Waals surface area contributed by atoms with Crippen molar-refractivity contribution in [3.8, 4) is 0 Å². The van der Waals surface area contributed by atoms with Gasteiger partial charge in [0.25, 0.3) is 5.91 Å². The fraction of sp³-hybridized carbons (Fsp3) is 0.167. The van der Waals surface area contributed by atoms with E-state index in [4.69, 9.17) is 11.5 Å². The van der Waals surface area contributed by atoms with Gasteiger partial charge in [0, 0.05) is 6.20 Å². The summed E-state index contributed by atoms with van der Waals surface area (Å²) in [5, 5.41) is 4.05. The molecule has 1 aromatic heterocycles. The SMILES string of the molecule is Cc1cccc(Cn2cc(C(N)=O)c(N)n2)c1. The van der Waals surface area contributed by atoms with Gasteiger partial charge in [0.05, 0.1) is 6.54 Å². The summed E-state index contributed by atoms with van der Waals surface area (Å²) in [5.41, 5.74) is 13.3. The van der Waals surface area contributed by atoms with Crippen LogP contribution in [0, 0.1) is 6.92 Å². The van der Waals surface area contributed by atoms with Crippen molar-refractivity contribution in [1.82, 2.24) is 9.78 Å². The van der Waals surface area contributed by atoms with Gasteiger partial charge < -0.3 is 11.5 Å². The lowest BCUT2D eigenvalue weighted by atomic mass is 10.1. The minimum absolute atomic E-state index is 0.171. The molecule has 1 heterocycles. The number of hydrogen-bond donors (Lipinski definition) is 2. The fourth-order valence-electron chi connectivity index (χ4n) is 1.70. The predicted molar refractivity (Wildman–Crippen MR) is 65.4 cm³/mol. The Hall–Kier alpha value is -2.30. The monoisotopic (exact) mass is 230 g/mol. The van der Waals surface area contributed by atoms with E-state index < -0.39 is 5.91 Å². The van der Waals surface area contributed by atoms with Crippen LogP contribution in [0.5, 0.6) is 0 Å². The van der Waals surface area contributed by atoms with Crippen molar-refractivity contribution >= 4 is 11.7 Å². The normalized spacial score (nSPS) is 10.4. The largest absolute Gasteiger partial charge is 0.382 e. The van der Waals surface area contributed by atoms with Crippen LogP contribution < -0.4 is 11.5 Å². The lowest BCUT2D eigenvalue weighted by molar-refractivity contribution is 0.100. The molecule has 4 N–H and O–H groups in total. The molecule has 1 amide bonds. The van der Waals surface area contributed by atoms with Gasteiger partial charge in [0.2, 0.25) is 0 Å². The van der Waals surface area contributed by atoms with Crippen molar-refractivity contribution in [3.63, 3.8) is 0 Å². The maximum atomic E-state index is 11.0. The number of rotatable bonds is 3. The highest BCUT2D eigenvalue weighted by Gasteiger charge is 2.10. The highest BCUT2D eigenvalue weighted by molar-refractivity contribution is 5.96. The Kier molecular flexibility index (Phi) is 2.82. The first-order valence-electron chi connectivity index (χ1n) is 5.24. The fourth-order valence-corrected chi connectivity index (χ4v) is 1.70. The van der Waals surface area contributed by atoms with Crippen LogP contribution >= 0.6 is 0 Å². The summed E-state index contributed by atoms with van der Waals surface area (Å²) in [6, 6.07) is 8.05. The first-order chi connectivity index (χ1) is 8.06. The molecular formula is C12H14N4O. The van der Waals surface area contributed by atoms with E-state index in [1.165, 1.54) is 5.56 Å². The Balaban J connectivity index is 2.25. The van der Waals surface area contributed by atoms with E-state index in [1.807, 2.05) is 25.1 Å². The van der Waals surface area contributed by atoms with Gasteiger partial charge in [-0.25, -0.2) is 0 Å². The number of nitrogen functional groups attached to an aromatic ring is 1. The molecule has 0 spiro atoms. The molecule has 0 radical (unpaired) electrons. The molecule has 17 heavy (non-hydrogen) atoms. The number of carbonyl (C=O) groups is 1. The smallest absolute Gasteiger partial charge is 0.254 e. The molecule has 0 aliphatic carbocycles. The highest BCUT2D eigenvalue weighted by atomic mass is 16.1. The summed E-state index contributed by atoms with van der Waals surface area (Å²) >= 11 is 0. The summed E-state index contributed by atoms with van der Waals surface area (Å²) in [4.78, 5) is 11.0. The van der Waals surface area contributed by atoms with Crippen LogP contribution in [-0.2, 0) is 6.54 Å². The molecule has 2 aromatic rings. The van der Waals surface area contributed by atoms with E-state index in [-0.39, 0.29) is 11.4 Å². The van der Waals surface area contributed by atoms with E-state index in [0.29, 0.717) is 6.54 Å². The summed E-state index contributed by atoms with van der Waals surface area (Å²) < 4.78 is 1.62. The van der Waals surface area contributed by atoms with Crippen LogP contribution in [0.2, 0.25) is 0 Å². The number of benzene rings is 1. The quantitative estimate of drug-likeness (QED) is 0.822. The number of anilines is 1. The van der Waals surface area contributed by atoms with Crippen LogP contribution in [0.15, 0.2) is 30.5 Å². The zero-order chi connectivity index (χ0) is 12.4. The molecule has 0 atom stereocenters. The molecule has 0 bridgehead atoms. The Labute approximate surface area is 99.0 Å². The molecular weight excluding hydrogens is 216 g/mol. The number of hydrogen-bond acceptors (Lipinski definition) is 3. The number of aryl methyl sites for hydroxylation is 1. The summed E-state index contributed by atoms with van der Waals surface area (Å²) in [6.45, 7) is 2.59. The molecule has 5 heteroatoms. The topological polar surface area (TPSA) is 86.9 Å². The van der Waals surface area contributed by atoms with E-state index >= 15 is 0 Å². The second-order valence-corrected chi connectivity index (χ2v) is 3.98. The van der Waals surface area contributed by atoms with Crippen LogP contribution in [0.3, 0.4) is 0 Å². The van der Waals surface area contributed by atoms with Gasteiger partial charge in [0.1, 0.15) is 5.56 Å². The molecule has 0 aliphatic heterocycles. The Morgan fingerprint density at radius 3 is 2.82 bits per heavy atom. The zero-order valence-electron chi connectivity index (χ0n) is 9.55. The third-order valence-corrected chi connectivity index (χ3v) is 2.48. The molecule has 0 aliphatic rings. The first-order valence-corrected chi connectivity index (χ1v) is 5.24. The van der Waals surface area contributed by atoms with Crippen molar-refractivity contribution in [1.29, 1.82) is 0 Å². The summed E-state index contributed by atoms with van der Waals surface area (Å²) in [7, 11) is 0. The van der Waals surface area contributed by atoms with E-state index in [1.54, 1.807) is 10.9 Å². The lowest BCUT2D eigenvalue weighted by Crippen LogP contribution is -2.11. The van der Waals surface area contributed by atoms with Crippen LogP contribution in [-0.4, -0.2) is 15.7 Å². The van der Waals surface area contributed by atoms with Crippen molar-refractivity contribution in [2.24, 2.45) is 5.73 Å². The molecule has 0 unspecified atom stereocenters. The van der Waals surface area contributed by atoms with Gasteiger partial charge in [-0.15, -0.1) is 0 Å². The predicted octanol–water partition coefficient (Wildman–Crippen LogP) is 0.921. The number of nitrogens with two attached hydrogens (primary N) is 2. The van der Waals surface area contributed by atoms with Gasteiger partial charge in [-0.05, 0) is 12.5 Å². The molecule has 5 nitrogen and oxygen atoms in total. The second kappa shape index (κ2) is 4.29. The second-order valence-electron chi connectivity index (χ2n) is 3.98. The van der Waals surface area contributed by atoms with Crippen LogP contribution in [0.25, 0.3) is 0 Å². The van der Waals surface area contributed by atoms with E-state index in [9.17, 15) is 4.79 Å². The maximum absolute atomic E-state index is 11.0. The van der Waals surface area contributed by atoms with Gasteiger partial charge in [-0.1, -0.05) is 29.8 Å². The zero-order valence-corrected chi connectivity index (χ0v) is 9.55. The van der Waals surface area contributed by atoms with Crippen molar-refractivity contribution in [3.05, 3.63) is 47.2 Å². The van der Waals surface area contributed by atoms with Gasteiger partial charge >= 0.3 is 0 Å². The maximum Gasteiger partial charge on any atom is 0.254 e. The number of nitrogens with zero attached hydrogens (tertiary/aromatic N) is 2. The molecule has 2 rings (SSSR count). The molecule has 0 saturated heterocycles. The summed E-state index contributed by atoms with van der Waals surface area (Å²) in [5.74, 6) is -0.386. The Bertz CT molecular complexity index is 559. The van der Waals surface area contributed by atoms with Gasteiger partial charge in [-0.3, -0.25) is 9.48 Å². The number of primary amides is 1. The molecule has 0 fully saturated rings. The standard InChI is InChI=1S/C12H14N4O/c1-8-3-2-4-9(5-8)6-16-7-10(12(14)17)11(13)15-16/h2-5,7H,6H2,1H3,(H2,13,15)(H2,14,17). The average Bonchev–Trinajstić information content (AvgIpc) is 2.59. The lowest BCUT2D eigenvalue weighted by Gasteiger charge is -2.02. The van der Waals surface area contributed by atoms with Crippen LogP contribution in [0.1, 0.15) is 21.5 Å². The van der Waals surface area contributed by atoms with Crippen molar-refractivity contribution < 1.29 is 4.79 Å². The average molecular weight is 230 g/mol. The third kappa shape index (κ3) is 2.44. The van der Waals surface area contributed by atoms with Gasteiger partial charge in [0.15, 0.2) is 5.82 Å². The molecule has 88 valence electrons. The number of aromatic nitrogens is 2. The Morgan fingerprint density at radius 1 is 1.47 bits per heavy atom. The minimum Gasteiger partial charge on any atom is -0.382 e. The van der Waals surface area contributed by atoms with Gasteiger partial charge in [-0.2, -0.15) is 5.10 Å². The molecule has 1 aromatic carbocycles. The highest BCUT2D eigenvalue weighted by Crippen LogP contribution is 2.11. The molecule has 0 saturated carbocycles. The van der Waals surface area contributed by atoms with Crippen molar-refractivity contribution in [2.75, 3.05) is 5.73 Å². The van der Waals surface area contributed by atoms with Crippen LogP contribution in [0.4, 0.5) is 5.82 Å². The first kappa shape index (κ1) is 11.2. The van der Waals surface area contributed by atoms with Crippen molar-refractivity contribution in [2.45, 2.75) is 13.5 Å². The number of carbonyl (C=O) groups excluding carboxylic acids is 1.